The van der Waals surface area contributed by atoms with Gasteiger partial charge in [0.1, 0.15) is 5.82 Å². The van der Waals surface area contributed by atoms with Crippen LogP contribution >= 0.6 is 0 Å². The Hall–Kier alpha value is -2.89. The lowest BCUT2D eigenvalue weighted by atomic mass is 10.2. The molecule has 0 fully saturated rings. The van der Waals surface area contributed by atoms with E-state index in [-0.39, 0.29) is 11.1 Å². The number of hydrogen-bond acceptors (Lipinski definition) is 4. The fraction of sp³-hybridized carbons (Fsp3) is 0. The Labute approximate surface area is 108 Å². The van der Waals surface area contributed by atoms with Crippen molar-refractivity contribution in [2.45, 2.75) is 0 Å². The number of aromatic nitrogens is 1. The predicted octanol–water partition coefficient (Wildman–Crippen LogP) is 2.22. The van der Waals surface area contributed by atoms with Crippen LogP contribution in [-0.4, -0.2) is 27.1 Å². The van der Waals surface area contributed by atoms with E-state index in [2.05, 4.69) is 10.3 Å². The van der Waals surface area contributed by atoms with Crippen LogP contribution in [0.5, 0.6) is 0 Å². The molecule has 96 valence electrons. The van der Waals surface area contributed by atoms with Gasteiger partial charge in [0.2, 0.25) is 0 Å². The van der Waals surface area contributed by atoms with Gasteiger partial charge in [0.15, 0.2) is 0 Å². The molecule has 6 heteroatoms. The largest absolute Gasteiger partial charge is 0.478 e. The summed E-state index contributed by atoms with van der Waals surface area (Å²) in [5, 5.41) is 20.4. The average Bonchev–Trinajstić information content (AvgIpc) is 2.40. The Morgan fingerprint density at radius 3 is 1.95 bits per heavy atom. The van der Waals surface area contributed by atoms with E-state index >= 15 is 0 Å². The quantitative estimate of drug-likeness (QED) is 0.777. The second-order valence-electron chi connectivity index (χ2n) is 3.74. The number of pyridine rings is 1. The Bertz CT molecular complexity index is 550. The van der Waals surface area contributed by atoms with Gasteiger partial charge in [-0.25, -0.2) is 14.6 Å². The molecule has 2 rings (SSSR count). The lowest BCUT2D eigenvalue weighted by molar-refractivity contribution is 0.0686. The average molecular weight is 258 g/mol. The van der Waals surface area contributed by atoms with Gasteiger partial charge < -0.3 is 15.5 Å². The molecule has 0 saturated heterocycles. The lowest BCUT2D eigenvalue weighted by Gasteiger charge is -2.05. The summed E-state index contributed by atoms with van der Waals surface area (Å²) in [6.07, 6.45) is 1.25. The molecule has 0 aliphatic carbocycles. The van der Waals surface area contributed by atoms with Crippen LogP contribution in [0.1, 0.15) is 20.7 Å². The summed E-state index contributed by atoms with van der Waals surface area (Å²) >= 11 is 0. The molecule has 6 nitrogen and oxygen atoms in total. The monoisotopic (exact) mass is 258 g/mol. The van der Waals surface area contributed by atoms with Gasteiger partial charge in [-0.15, -0.1) is 0 Å². The normalized spacial score (nSPS) is 9.89. The molecule has 0 spiro atoms. The van der Waals surface area contributed by atoms with Crippen molar-refractivity contribution in [1.82, 2.24) is 4.98 Å². The topological polar surface area (TPSA) is 99.5 Å². The van der Waals surface area contributed by atoms with Crippen LogP contribution in [0.2, 0.25) is 0 Å². The Morgan fingerprint density at radius 2 is 1.47 bits per heavy atom. The van der Waals surface area contributed by atoms with E-state index in [0.29, 0.717) is 11.5 Å². The van der Waals surface area contributed by atoms with Crippen molar-refractivity contribution in [2.75, 3.05) is 5.32 Å². The first-order chi connectivity index (χ1) is 9.06. The minimum atomic E-state index is -1.04. The van der Waals surface area contributed by atoms with Crippen LogP contribution in [0.3, 0.4) is 0 Å². The number of nitrogens with one attached hydrogen (secondary N) is 1. The first-order valence-corrected chi connectivity index (χ1v) is 5.36. The maximum Gasteiger partial charge on any atom is 0.337 e. The Morgan fingerprint density at radius 1 is 0.895 bits per heavy atom. The van der Waals surface area contributed by atoms with Gasteiger partial charge in [0.05, 0.1) is 11.1 Å². The number of aromatic carboxylic acids is 2. The Balaban J connectivity index is 2.12. The first-order valence-electron chi connectivity index (χ1n) is 5.36. The highest BCUT2D eigenvalue weighted by atomic mass is 16.4. The predicted molar refractivity (Wildman–Crippen MR) is 67.9 cm³/mol. The Kier molecular flexibility index (Phi) is 3.42. The molecule has 0 radical (unpaired) electrons. The molecule has 0 saturated carbocycles. The van der Waals surface area contributed by atoms with Crippen LogP contribution < -0.4 is 5.32 Å². The van der Waals surface area contributed by atoms with E-state index in [1.54, 1.807) is 12.1 Å². The summed E-state index contributed by atoms with van der Waals surface area (Å²) in [4.78, 5) is 25.3. The third-order valence-corrected chi connectivity index (χ3v) is 2.41. The maximum atomic E-state index is 10.7. The number of carboxylic acid groups (broad SMARTS) is 2. The molecule has 3 N–H and O–H groups in total. The summed E-state index contributed by atoms with van der Waals surface area (Å²) in [5.74, 6) is -1.55. The minimum absolute atomic E-state index is 0.103. The van der Waals surface area contributed by atoms with Crippen molar-refractivity contribution in [1.29, 1.82) is 0 Å². The van der Waals surface area contributed by atoms with E-state index in [4.69, 9.17) is 10.2 Å². The number of carbonyl (C=O) groups is 2. The fourth-order valence-electron chi connectivity index (χ4n) is 1.44. The smallest absolute Gasteiger partial charge is 0.337 e. The van der Waals surface area contributed by atoms with Gasteiger partial charge in [-0.05, 0) is 36.4 Å². The van der Waals surface area contributed by atoms with Crippen LogP contribution in [0.15, 0.2) is 42.6 Å². The lowest BCUT2D eigenvalue weighted by Crippen LogP contribution is -2.00. The van der Waals surface area contributed by atoms with Crippen molar-refractivity contribution in [3.05, 3.63) is 53.7 Å². The summed E-state index contributed by atoms with van der Waals surface area (Å²) in [5.41, 5.74) is 0.965. The molecule has 1 heterocycles. The molecule has 0 bridgehead atoms. The van der Waals surface area contributed by atoms with Crippen molar-refractivity contribution < 1.29 is 19.8 Å². The summed E-state index contributed by atoms with van der Waals surface area (Å²) in [6, 6.07) is 9.12. The number of benzene rings is 1. The second-order valence-corrected chi connectivity index (χ2v) is 3.74. The molecule has 0 unspecified atom stereocenters. The van der Waals surface area contributed by atoms with Crippen molar-refractivity contribution >= 4 is 23.4 Å². The standard InChI is InChI=1S/C13H10N2O4/c16-12(17)8-1-4-10(5-2-8)15-11-6-3-9(7-14-11)13(18)19/h1-7H,(H,14,15)(H,16,17)(H,18,19). The zero-order valence-corrected chi connectivity index (χ0v) is 9.70. The van der Waals surface area contributed by atoms with Crippen LogP contribution in [0.4, 0.5) is 11.5 Å². The molecule has 0 aliphatic rings. The number of anilines is 2. The highest BCUT2D eigenvalue weighted by Gasteiger charge is 2.04. The second kappa shape index (κ2) is 5.18. The van der Waals surface area contributed by atoms with Crippen molar-refractivity contribution in [3.63, 3.8) is 0 Å². The molecule has 0 amide bonds. The maximum absolute atomic E-state index is 10.7. The highest BCUT2D eigenvalue weighted by Crippen LogP contribution is 2.15. The van der Waals surface area contributed by atoms with Gasteiger partial charge in [0, 0.05) is 11.9 Å². The van der Waals surface area contributed by atoms with E-state index < -0.39 is 11.9 Å². The van der Waals surface area contributed by atoms with Crippen molar-refractivity contribution in [2.24, 2.45) is 0 Å². The third-order valence-electron chi connectivity index (χ3n) is 2.41. The zero-order valence-electron chi connectivity index (χ0n) is 9.70. The zero-order chi connectivity index (χ0) is 13.8. The number of nitrogens with zero attached hydrogens (tertiary/aromatic N) is 1. The van der Waals surface area contributed by atoms with Gasteiger partial charge in [-0.3, -0.25) is 0 Å². The van der Waals surface area contributed by atoms with Crippen LogP contribution in [0.25, 0.3) is 0 Å². The molecular formula is C13H10N2O4. The summed E-state index contributed by atoms with van der Waals surface area (Å²) in [7, 11) is 0. The first kappa shape index (κ1) is 12.6. The minimum Gasteiger partial charge on any atom is -0.478 e. The number of hydrogen-bond donors (Lipinski definition) is 3. The number of rotatable bonds is 4. The number of carboxylic acids is 2. The summed E-state index contributed by atoms with van der Waals surface area (Å²) in [6.45, 7) is 0. The van der Waals surface area contributed by atoms with E-state index in [1.165, 1.54) is 30.5 Å². The van der Waals surface area contributed by atoms with Gasteiger partial charge in [-0.1, -0.05) is 0 Å². The van der Waals surface area contributed by atoms with Gasteiger partial charge in [-0.2, -0.15) is 0 Å². The van der Waals surface area contributed by atoms with E-state index in [9.17, 15) is 9.59 Å². The van der Waals surface area contributed by atoms with Crippen LogP contribution in [-0.2, 0) is 0 Å². The van der Waals surface area contributed by atoms with Gasteiger partial charge >= 0.3 is 11.9 Å². The summed E-state index contributed by atoms with van der Waals surface area (Å²) < 4.78 is 0. The highest BCUT2D eigenvalue weighted by molar-refractivity contribution is 5.88. The molecular weight excluding hydrogens is 248 g/mol. The van der Waals surface area contributed by atoms with Gasteiger partial charge in [0.25, 0.3) is 0 Å². The molecule has 2 aromatic rings. The SMILES string of the molecule is O=C(O)c1ccc(Nc2ccc(C(=O)O)cn2)cc1. The molecule has 0 aliphatic heterocycles. The fourth-order valence-corrected chi connectivity index (χ4v) is 1.44. The van der Waals surface area contributed by atoms with Crippen molar-refractivity contribution in [3.8, 4) is 0 Å². The van der Waals surface area contributed by atoms with Crippen LogP contribution in [0, 0.1) is 0 Å². The molecule has 1 aromatic carbocycles. The molecule has 0 atom stereocenters. The third kappa shape index (κ3) is 3.06. The molecule has 19 heavy (non-hydrogen) atoms. The molecule has 1 aromatic heterocycles. The van der Waals surface area contributed by atoms with E-state index in [1.807, 2.05) is 0 Å². The van der Waals surface area contributed by atoms with E-state index in [0.717, 1.165) is 0 Å².